The van der Waals surface area contributed by atoms with Crippen LogP contribution in [0.3, 0.4) is 0 Å². The zero-order valence-electron chi connectivity index (χ0n) is 14.9. The van der Waals surface area contributed by atoms with Gasteiger partial charge in [-0.2, -0.15) is 0 Å². The number of benzene rings is 1. The van der Waals surface area contributed by atoms with Crippen molar-refractivity contribution in [2.45, 2.75) is 33.6 Å². The van der Waals surface area contributed by atoms with Crippen molar-refractivity contribution in [3.8, 4) is 5.69 Å². The number of aryl methyl sites for hydroxylation is 2. The molecule has 25 heavy (non-hydrogen) atoms. The number of aromatic nitrogens is 2. The lowest BCUT2D eigenvalue weighted by molar-refractivity contribution is -0.141. The van der Waals surface area contributed by atoms with Gasteiger partial charge in [0.25, 0.3) is 0 Å². The molecule has 0 aliphatic carbocycles. The molecule has 136 valence electrons. The number of para-hydroxylation sites is 1. The van der Waals surface area contributed by atoms with Crippen molar-refractivity contribution in [2.75, 3.05) is 13.2 Å². The molecule has 1 heterocycles. The zero-order chi connectivity index (χ0) is 18.8. The second-order valence-electron chi connectivity index (χ2n) is 5.10. The molecule has 3 N–H and O–H groups in total. The molecule has 0 saturated heterocycles. The lowest BCUT2D eigenvalue weighted by Crippen LogP contribution is -2.16. The van der Waals surface area contributed by atoms with E-state index in [9.17, 15) is 14.7 Å². The number of aromatic carboxylic acids is 1. The summed E-state index contributed by atoms with van der Waals surface area (Å²) >= 11 is 0. The third-order valence-corrected chi connectivity index (χ3v) is 3.54. The third kappa shape index (κ3) is 5.42. The van der Waals surface area contributed by atoms with Crippen LogP contribution in [-0.4, -0.2) is 39.7 Å². The van der Waals surface area contributed by atoms with E-state index in [1.54, 1.807) is 17.8 Å². The molecule has 7 nitrogen and oxygen atoms in total. The van der Waals surface area contributed by atoms with Gasteiger partial charge in [-0.25, -0.2) is 9.78 Å². The number of nitrogens with zero attached hydrogens (tertiary/aromatic N) is 2. The van der Waals surface area contributed by atoms with Crippen molar-refractivity contribution < 1.29 is 19.4 Å². The molecule has 0 spiro atoms. The van der Waals surface area contributed by atoms with Crippen LogP contribution in [0, 0.1) is 0 Å². The Hall–Kier alpha value is -2.67. The number of carbonyl (C=O) groups excluding carboxylic acids is 1. The van der Waals surface area contributed by atoms with Crippen molar-refractivity contribution >= 4 is 11.9 Å². The minimum Gasteiger partial charge on any atom is -0.477 e. The summed E-state index contributed by atoms with van der Waals surface area (Å²) in [4.78, 5) is 25.2. The predicted molar refractivity (Wildman–Crippen MR) is 95.0 cm³/mol. The van der Waals surface area contributed by atoms with Crippen LogP contribution in [0.25, 0.3) is 5.69 Å². The molecule has 0 unspecified atom stereocenters. The van der Waals surface area contributed by atoms with Gasteiger partial charge in [0, 0.05) is 0 Å². The molecular formula is C18H25N3O4. The fourth-order valence-corrected chi connectivity index (χ4v) is 2.38. The van der Waals surface area contributed by atoms with Gasteiger partial charge in [0.05, 0.1) is 31.4 Å². The largest absolute Gasteiger partial charge is 0.477 e. The predicted octanol–water partition coefficient (Wildman–Crippen LogP) is 2.20. The summed E-state index contributed by atoms with van der Waals surface area (Å²) in [6, 6.07) is 6.07. The normalized spacial score (nSPS) is 9.92. The highest BCUT2D eigenvalue weighted by Crippen LogP contribution is 2.22. The summed E-state index contributed by atoms with van der Waals surface area (Å²) in [5, 5.41) is 9.18. The van der Waals surface area contributed by atoms with Crippen molar-refractivity contribution in [1.82, 2.24) is 9.55 Å². The average Bonchev–Trinajstić information content (AvgIpc) is 3.11. The first kappa shape index (κ1) is 20.4. The Morgan fingerprint density at radius 3 is 2.20 bits per heavy atom. The van der Waals surface area contributed by atoms with E-state index in [4.69, 9.17) is 5.73 Å². The highest BCUT2D eigenvalue weighted by Gasteiger charge is 2.15. The molecule has 2 rings (SSSR count). The van der Waals surface area contributed by atoms with Gasteiger partial charge >= 0.3 is 11.9 Å². The van der Waals surface area contributed by atoms with Gasteiger partial charge < -0.3 is 15.6 Å². The molecule has 0 amide bonds. The first-order valence-corrected chi connectivity index (χ1v) is 8.22. The Morgan fingerprint density at radius 2 is 1.80 bits per heavy atom. The molecule has 1 aromatic heterocycles. The van der Waals surface area contributed by atoms with Gasteiger partial charge in [0.2, 0.25) is 0 Å². The Kier molecular flexibility index (Phi) is 8.35. The number of hydrogen-bond donors (Lipinski definition) is 2. The maximum absolute atomic E-state index is 11.2. The molecule has 0 aliphatic heterocycles. The third-order valence-electron chi connectivity index (χ3n) is 3.54. The van der Waals surface area contributed by atoms with Gasteiger partial charge in [-0.15, -0.1) is 0 Å². The fourth-order valence-electron chi connectivity index (χ4n) is 2.38. The smallest absolute Gasteiger partial charge is 0.354 e. The number of nitrogens with two attached hydrogens (primary N) is 1. The molecule has 0 saturated carbocycles. The zero-order valence-corrected chi connectivity index (χ0v) is 14.9. The lowest BCUT2D eigenvalue weighted by Gasteiger charge is -2.15. The molecule has 2 aromatic rings. The van der Waals surface area contributed by atoms with Gasteiger partial charge in [0.1, 0.15) is 0 Å². The number of carbonyl (C=O) groups is 2. The quantitative estimate of drug-likeness (QED) is 0.776. The maximum atomic E-state index is 11.2. The average molecular weight is 347 g/mol. The van der Waals surface area contributed by atoms with E-state index >= 15 is 0 Å². The van der Waals surface area contributed by atoms with Crippen LogP contribution in [0.15, 0.2) is 30.7 Å². The maximum Gasteiger partial charge on any atom is 0.354 e. The van der Waals surface area contributed by atoms with Crippen LogP contribution >= 0.6 is 0 Å². The Labute approximate surface area is 147 Å². The molecular weight excluding hydrogens is 322 g/mol. The molecule has 0 bridgehead atoms. The first-order valence-electron chi connectivity index (χ1n) is 8.22. The molecule has 7 heteroatoms. The first-order chi connectivity index (χ1) is 12.0. The Morgan fingerprint density at radius 1 is 1.20 bits per heavy atom. The van der Waals surface area contributed by atoms with Gasteiger partial charge in [-0.05, 0) is 30.9 Å². The molecule has 0 aliphatic rings. The monoisotopic (exact) mass is 347 g/mol. The van der Waals surface area contributed by atoms with E-state index in [1.807, 2.05) is 18.2 Å². The molecule has 1 aromatic carbocycles. The van der Waals surface area contributed by atoms with Crippen LogP contribution in [0.5, 0.6) is 0 Å². The second kappa shape index (κ2) is 10.2. The molecule has 0 fully saturated rings. The SMILES string of the molecule is CCOC(=O)CN.CCc1cccc(CC)c1-n1cncc1C(=O)O. The van der Waals surface area contributed by atoms with Crippen LogP contribution < -0.4 is 5.73 Å². The highest BCUT2D eigenvalue weighted by molar-refractivity contribution is 5.86. The summed E-state index contributed by atoms with van der Waals surface area (Å²) in [5.74, 6) is -1.30. The van der Waals surface area contributed by atoms with E-state index in [0.29, 0.717) is 6.61 Å². The topological polar surface area (TPSA) is 107 Å². The van der Waals surface area contributed by atoms with E-state index in [2.05, 4.69) is 23.6 Å². The second-order valence-corrected chi connectivity index (χ2v) is 5.10. The fraction of sp³-hybridized carbons (Fsp3) is 0.389. The van der Waals surface area contributed by atoms with Gasteiger partial charge in [0.15, 0.2) is 5.69 Å². The number of esters is 1. The highest BCUT2D eigenvalue weighted by atomic mass is 16.5. The van der Waals surface area contributed by atoms with Crippen molar-refractivity contribution in [1.29, 1.82) is 0 Å². The molecule has 0 atom stereocenters. The minimum atomic E-state index is -0.958. The van der Waals surface area contributed by atoms with Crippen molar-refractivity contribution in [3.05, 3.63) is 47.5 Å². The van der Waals surface area contributed by atoms with E-state index in [0.717, 1.165) is 29.7 Å². The summed E-state index contributed by atoms with van der Waals surface area (Å²) in [6.45, 7) is 6.27. The van der Waals surface area contributed by atoms with Crippen LogP contribution in [0.1, 0.15) is 42.4 Å². The van der Waals surface area contributed by atoms with Crippen molar-refractivity contribution in [2.24, 2.45) is 5.73 Å². The number of rotatable bonds is 6. The number of hydrogen-bond acceptors (Lipinski definition) is 5. The minimum absolute atomic E-state index is 0.0200. The van der Waals surface area contributed by atoms with E-state index in [1.165, 1.54) is 6.20 Å². The van der Waals surface area contributed by atoms with E-state index < -0.39 is 5.97 Å². The van der Waals surface area contributed by atoms with Crippen LogP contribution in [0.4, 0.5) is 0 Å². The van der Waals surface area contributed by atoms with Crippen LogP contribution in [0.2, 0.25) is 0 Å². The number of carboxylic acids is 1. The van der Waals surface area contributed by atoms with E-state index in [-0.39, 0.29) is 18.2 Å². The van der Waals surface area contributed by atoms with Crippen LogP contribution in [-0.2, 0) is 22.4 Å². The van der Waals surface area contributed by atoms with Gasteiger partial charge in [-0.1, -0.05) is 32.0 Å². The standard InChI is InChI=1S/C14H16N2O2.C4H9NO2/c1-3-10-6-5-7-11(4-2)13(10)16-9-15-8-12(16)14(17)18;1-2-7-4(6)3-5/h5-9H,3-4H2,1-2H3,(H,17,18);2-3,5H2,1H3. The van der Waals surface area contributed by atoms with Gasteiger partial charge in [-0.3, -0.25) is 9.36 Å². The Bertz CT molecular complexity index is 688. The van der Waals surface area contributed by atoms with Crippen molar-refractivity contribution in [3.63, 3.8) is 0 Å². The number of imidazole rings is 1. The number of carboxylic acid groups (broad SMARTS) is 1. The lowest BCUT2D eigenvalue weighted by atomic mass is 10.0. The Balaban J connectivity index is 0.000000381. The number of ether oxygens (including phenoxy) is 1. The molecule has 0 radical (unpaired) electrons. The summed E-state index contributed by atoms with van der Waals surface area (Å²) in [6.07, 6.45) is 4.67. The summed E-state index contributed by atoms with van der Waals surface area (Å²) < 4.78 is 6.09. The summed E-state index contributed by atoms with van der Waals surface area (Å²) in [5.41, 5.74) is 8.31. The summed E-state index contributed by atoms with van der Waals surface area (Å²) in [7, 11) is 0.